The van der Waals surface area contributed by atoms with Gasteiger partial charge in [0.25, 0.3) is 0 Å². The molecule has 1 atom stereocenters. The minimum Gasteiger partial charge on any atom is -0.496 e. The van der Waals surface area contributed by atoms with Gasteiger partial charge in [-0.05, 0) is 18.6 Å². The van der Waals surface area contributed by atoms with Crippen LogP contribution in [0.2, 0.25) is 0 Å². The summed E-state index contributed by atoms with van der Waals surface area (Å²) in [6.45, 7) is 0. The van der Waals surface area contributed by atoms with Crippen molar-refractivity contribution >= 4 is 11.8 Å². The monoisotopic (exact) mass is 195 g/mol. The zero-order valence-corrected chi connectivity index (χ0v) is 8.43. The van der Waals surface area contributed by atoms with Crippen LogP contribution in [-0.2, 0) is 6.42 Å². The lowest BCUT2D eigenvalue weighted by Crippen LogP contribution is -2.28. The Balaban J connectivity index is 2.41. The number of rotatable bonds is 1. The molecule has 2 N–H and O–H groups in total. The van der Waals surface area contributed by atoms with Gasteiger partial charge in [-0.15, -0.1) is 11.8 Å². The van der Waals surface area contributed by atoms with Gasteiger partial charge in [-0.2, -0.15) is 0 Å². The van der Waals surface area contributed by atoms with Crippen LogP contribution in [0.25, 0.3) is 0 Å². The Hall–Kier alpha value is -0.670. The highest BCUT2D eigenvalue weighted by molar-refractivity contribution is 7.99. The number of fused-ring (bicyclic) bond motifs is 1. The average molecular weight is 195 g/mol. The van der Waals surface area contributed by atoms with E-state index in [1.807, 2.05) is 23.9 Å². The second-order valence-electron chi connectivity index (χ2n) is 3.21. The molecular formula is C10H13NOS. The first-order valence-corrected chi connectivity index (χ1v) is 5.34. The van der Waals surface area contributed by atoms with Gasteiger partial charge in [-0.1, -0.05) is 6.07 Å². The summed E-state index contributed by atoms with van der Waals surface area (Å²) in [5.74, 6) is 1.99. The molecule has 0 aliphatic carbocycles. The molecule has 2 nitrogen and oxygen atoms in total. The van der Waals surface area contributed by atoms with Gasteiger partial charge in [0.15, 0.2) is 0 Å². The molecule has 1 aliphatic rings. The second-order valence-corrected chi connectivity index (χ2v) is 4.27. The zero-order valence-electron chi connectivity index (χ0n) is 7.62. The third-order valence-electron chi connectivity index (χ3n) is 2.23. The largest absolute Gasteiger partial charge is 0.496 e. The summed E-state index contributed by atoms with van der Waals surface area (Å²) in [7, 11) is 1.71. The highest BCUT2D eigenvalue weighted by Gasteiger charge is 2.18. The molecule has 1 aromatic rings. The maximum absolute atomic E-state index is 5.90. The van der Waals surface area contributed by atoms with E-state index in [0.717, 1.165) is 17.9 Å². The molecule has 0 amide bonds. The Labute approximate surface area is 82.5 Å². The van der Waals surface area contributed by atoms with Crippen LogP contribution in [0.5, 0.6) is 5.75 Å². The first-order valence-electron chi connectivity index (χ1n) is 4.35. The Morgan fingerprint density at radius 2 is 2.38 bits per heavy atom. The fourth-order valence-electron chi connectivity index (χ4n) is 1.59. The Bertz CT molecular complexity index is 300. The van der Waals surface area contributed by atoms with Gasteiger partial charge in [-0.25, -0.2) is 0 Å². The van der Waals surface area contributed by atoms with Crippen LogP contribution in [-0.4, -0.2) is 18.9 Å². The molecule has 1 aromatic carbocycles. The van der Waals surface area contributed by atoms with Crippen molar-refractivity contribution in [3.8, 4) is 5.75 Å². The van der Waals surface area contributed by atoms with E-state index >= 15 is 0 Å². The molecular weight excluding hydrogens is 182 g/mol. The van der Waals surface area contributed by atoms with Crippen molar-refractivity contribution < 1.29 is 4.74 Å². The van der Waals surface area contributed by atoms with Crippen LogP contribution in [0.3, 0.4) is 0 Å². The molecule has 0 radical (unpaired) electrons. The van der Waals surface area contributed by atoms with Crippen molar-refractivity contribution in [2.45, 2.75) is 17.4 Å². The van der Waals surface area contributed by atoms with Crippen LogP contribution in [0.4, 0.5) is 0 Å². The molecule has 0 saturated heterocycles. The van der Waals surface area contributed by atoms with Gasteiger partial charge in [0, 0.05) is 22.3 Å². The summed E-state index contributed by atoms with van der Waals surface area (Å²) in [4.78, 5) is 1.32. The summed E-state index contributed by atoms with van der Waals surface area (Å²) in [6.07, 6.45) is 0.937. The molecule has 3 heteroatoms. The molecule has 0 fully saturated rings. The van der Waals surface area contributed by atoms with Crippen LogP contribution < -0.4 is 10.5 Å². The van der Waals surface area contributed by atoms with E-state index in [1.165, 1.54) is 10.5 Å². The van der Waals surface area contributed by atoms with E-state index in [1.54, 1.807) is 7.11 Å². The van der Waals surface area contributed by atoms with Crippen molar-refractivity contribution in [3.63, 3.8) is 0 Å². The van der Waals surface area contributed by atoms with Gasteiger partial charge >= 0.3 is 0 Å². The zero-order chi connectivity index (χ0) is 9.26. The van der Waals surface area contributed by atoms with Crippen molar-refractivity contribution in [3.05, 3.63) is 23.8 Å². The van der Waals surface area contributed by atoms with Crippen molar-refractivity contribution in [1.29, 1.82) is 0 Å². The molecule has 1 aliphatic heterocycles. The summed E-state index contributed by atoms with van der Waals surface area (Å²) >= 11 is 1.82. The molecule has 1 unspecified atom stereocenters. The van der Waals surface area contributed by atoms with E-state index in [9.17, 15) is 0 Å². The predicted molar refractivity (Wildman–Crippen MR) is 55.4 cm³/mol. The fraction of sp³-hybridized carbons (Fsp3) is 0.400. The molecule has 2 rings (SSSR count). The van der Waals surface area contributed by atoms with Crippen LogP contribution >= 0.6 is 11.8 Å². The van der Waals surface area contributed by atoms with E-state index in [0.29, 0.717) is 0 Å². The number of ether oxygens (including phenoxy) is 1. The summed E-state index contributed by atoms with van der Waals surface area (Å²) in [5.41, 5.74) is 7.17. The van der Waals surface area contributed by atoms with E-state index < -0.39 is 0 Å². The van der Waals surface area contributed by atoms with Gasteiger partial charge in [0.2, 0.25) is 0 Å². The minimum atomic E-state index is 0.272. The maximum Gasteiger partial charge on any atom is 0.123 e. The summed E-state index contributed by atoms with van der Waals surface area (Å²) in [6, 6.07) is 6.43. The van der Waals surface area contributed by atoms with Crippen LogP contribution in [0.15, 0.2) is 23.1 Å². The summed E-state index contributed by atoms with van der Waals surface area (Å²) in [5, 5.41) is 0. The highest BCUT2D eigenvalue weighted by Crippen LogP contribution is 2.34. The lowest BCUT2D eigenvalue weighted by Gasteiger charge is -2.22. The molecule has 13 heavy (non-hydrogen) atoms. The van der Waals surface area contributed by atoms with Gasteiger partial charge in [0.1, 0.15) is 5.75 Å². The van der Waals surface area contributed by atoms with Gasteiger partial charge < -0.3 is 10.5 Å². The third kappa shape index (κ3) is 1.67. The maximum atomic E-state index is 5.90. The van der Waals surface area contributed by atoms with Crippen molar-refractivity contribution in [1.82, 2.24) is 0 Å². The summed E-state index contributed by atoms with van der Waals surface area (Å²) < 4.78 is 5.29. The molecule has 0 spiro atoms. The number of benzene rings is 1. The number of methoxy groups -OCH3 is 1. The molecule has 70 valence electrons. The lowest BCUT2D eigenvalue weighted by molar-refractivity contribution is 0.406. The number of thioether (sulfide) groups is 1. The molecule has 0 saturated carbocycles. The van der Waals surface area contributed by atoms with Crippen LogP contribution in [0.1, 0.15) is 5.56 Å². The van der Waals surface area contributed by atoms with Gasteiger partial charge in [-0.3, -0.25) is 0 Å². The van der Waals surface area contributed by atoms with Crippen LogP contribution in [0, 0.1) is 0 Å². The molecule has 0 bridgehead atoms. The smallest absolute Gasteiger partial charge is 0.123 e. The number of nitrogens with two attached hydrogens (primary N) is 1. The predicted octanol–water partition coefficient (Wildman–Crippen LogP) is 1.67. The minimum absolute atomic E-state index is 0.272. The fourth-order valence-corrected chi connectivity index (χ4v) is 2.64. The Kier molecular flexibility index (Phi) is 2.47. The first-order chi connectivity index (χ1) is 6.31. The average Bonchev–Trinajstić information content (AvgIpc) is 2.17. The standard InChI is InChI=1S/C10H13NOS/c1-12-9-3-2-4-10-8(9)5-7(11)6-13-10/h2-4,7H,5-6,11H2,1H3. The van der Waals surface area contributed by atoms with E-state index in [-0.39, 0.29) is 6.04 Å². The molecule has 0 aromatic heterocycles. The third-order valence-corrected chi connectivity index (χ3v) is 3.52. The van der Waals surface area contributed by atoms with E-state index in [2.05, 4.69) is 6.07 Å². The van der Waals surface area contributed by atoms with Gasteiger partial charge in [0.05, 0.1) is 7.11 Å². The van der Waals surface area contributed by atoms with Crippen molar-refractivity contribution in [2.24, 2.45) is 5.73 Å². The number of hydrogen-bond acceptors (Lipinski definition) is 3. The van der Waals surface area contributed by atoms with Crippen molar-refractivity contribution in [2.75, 3.05) is 12.9 Å². The quantitative estimate of drug-likeness (QED) is 0.740. The Morgan fingerprint density at radius 1 is 1.54 bits per heavy atom. The van der Waals surface area contributed by atoms with E-state index in [4.69, 9.17) is 10.5 Å². The normalized spacial score (nSPS) is 20.9. The SMILES string of the molecule is COc1cccc2c1CC(N)CS2. The first kappa shape index (κ1) is 8.91. The second kappa shape index (κ2) is 3.60. The Morgan fingerprint density at radius 3 is 3.15 bits per heavy atom. The molecule has 1 heterocycles. The topological polar surface area (TPSA) is 35.2 Å². The number of hydrogen-bond donors (Lipinski definition) is 1. The lowest BCUT2D eigenvalue weighted by atomic mass is 10.1. The highest BCUT2D eigenvalue weighted by atomic mass is 32.2.